The molecule has 0 saturated carbocycles. The second kappa shape index (κ2) is 7.66. The SMILES string of the molecule is NC(CCC(=O)O)C(=O)NCCC(F)=C(F)F. The number of nitrogens with one attached hydrogen (secondary N) is 1. The molecular formula is C9H13F3N2O3. The lowest BCUT2D eigenvalue weighted by Crippen LogP contribution is -2.41. The minimum absolute atomic E-state index is 0.0725. The number of amides is 1. The number of rotatable bonds is 7. The molecule has 0 spiro atoms. The summed E-state index contributed by atoms with van der Waals surface area (Å²) < 4.78 is 35.5. The molecule has 0 aromatic carbocycles. The number of hydrogen-bond acceptors (Lipinski definition) is 3. The molecular weight excluding hydrogens is 241 g/mol. The van der Waals surface area contributed by atoms with E-state index >= 15 is 0 Å². The quantitative estimate of drug-likeness (QED) is 0.625. The van der Waals surface area contributed by atoms with Crippen LogP contribution in [0.3, 0.4) is 0 Å². The highest BCUT2D eigenvalue weighted by molar-refractivity contribution is 5.82. The van der Waals surface area contributed by atoms with Crippen molar-refractivity contribution in [1.82, 2.24) is 5.32 Å². The molecule has 1 atom stereocenters. The van der Waals surface area contributed by atoms with Crippen molar-refractivity contribution < 1.29 is 27.9 Å². The van der Waals surface area contributed by atoms with Crippen LogP contribution in [0, 0.1) is 0 Å². The van der Waals surface area contributed by atoms with E-state index in [1.54, 1.807) is 0 Å². The van der Waals surface area contributed by atoms with Crippen molar-refractivity contribution in [2.75, 3.05) is 6.54 Å². The molecule has 0 saturated heterocycles. The summed E-state index contributed by atoms with van der Waals surface area (Å²) in [5, 5.41) is 10.5. The summed E-state index contributed by atoms with van der Waals surface area (Å²) in [7, 11) is 0. The Hall–Kier alpha value is -1.57. The molecule has 0 aromatic rings. The smallest absolute Gasteiger partial charge is 0.303 e. The number of aliphatic carboxylic acids is 1. The normalized spacial score (nSPS) is 11.8. The number of carbonyl (C=O) groups is 2. The van der Waals surface area contributed by atoms with Gasteiger partial charge in [-0.05, 0) is 6.42 Å². The standard InChI is InChI=1S/C9H13F3N2O3/c10-5(8(11)12)3-4-14-9(17)6(13)1-2-7(15)16/h6H,1-4,13H2,(H,14,17)(H,15,16). The van der Waals surface area contributed by atoms with Gasteiger partial charge in [-0.3, -0.25) is 9.59 Å². The number of nitrogens with two attached hydrogens (primary N) is 1. The van der Waals surface area contributed by atoms with E-state index in [0.717, 1.165) is 0 Å². The molecule has 0 aliphatic carbocycles. The first kappa shape index (κ1) is 15.4. The van der Waals surface area contributed by atoms with Crippen LogP contribution in [0.15, 0.2) is 11.9 Å². The van der Waals surface area contributed by atoms with Crippen LogP contribution in [-0.4, -0.2) is 29.6 Å². The fraction of sp³-hybridized carbons (Fsp3) is 0.556. The lowest BCUT2D eigenvalue weighted by Gasteiger charge is -2.10. The highest BCUT2D eigenvalue weighted by atomic mass is 19.3. The first-order valence-corrected chi connectivity index (χ1v) is 4.79. The third-order valence-electron chi connectivity index (χ3n) is 1.85. The highest BCUT2D eigenvalue weighted by Gasteiger charge is 2.14. The summed E-state index contributed by atoms with van der Waals surface area (Å²) in [5.74, 6) is -3.38. The van der Waals surface area contributed by atoms with E-state index in [1.807, 2.05) is 0 Å². The van der Waals surface area contributed by atoms with Gasteiger partial charge in [-0.1, -0.05) is 0 Å². The van der Waals surface area contributed by atoms with Gasteiger partial charge in [0.2, 0.25) is 5.91 Å². The fourth-order valence-electron chi connectivity index (χ4n) is 0.931. The van der Waals surface area contributed by atoms with Gasteiger partial charge in [0, 0.05) is 19.4 Å². The Morgan fingerprint density at radius 2 is 1.82 bits per heavy atom. The van der Waals surface area contributed by atoms with Crippen LogP contribution in [0.5, 0.6) is 0 Å². The maximum Gasteiger partial charge on any atom is 0.303 e. The zero-order valence-corrected chi connectivity index (χ0v) is 8.88. The average molecular weight is 254 g/mol. The predicted octanol–water partition coefficient (Wildman–Crippen LogP) is 0.762. The van der Waals surface area contributed by atoms with E-state index in [4.69, 9.17) is 10.8 Å². The van der Waals surface area contributed by atoms with E-state index < -0.39 is 36.2 Å². The molecule has 0 radical (unpaired) electrons. The van der Waals surface area contributed by atoms with Crippen molar-refractivity contribution in [3.63, 3.8) is 0 Å². The highest BCUT2D eigenvalue weighted by Crippen LogP contribution is 2.11. The molecule has 0 aliphatic rings. The summed E-state index contributed by atoms with van der Waals surface area (Å²) in [6, 6.07) is -1.05. The molecule has 0 heterocycles. The van der Waals surface area contributed by atoms with Gasteiger partial charge in [0.25, 0.3) is 0 Å². The minimum atomic E-state index is -2.42. The van der Waals surface area contributed by atoms with Crippen molar-refractivity contribution >= 4 is 11.9 Å². The van der Waals surface area contributed by atoms with Crippen molar-refractivity contribution in [3.05, 3.63) is 11.9 Å². The second-order valence-electron chi connectivity index (χ2n) is 3.25. The largest absolute Gasteiger partial charge is 0.481 e. The molecule has 8 heteroatoms. The molecule has 5 nitrogen and oxygen atoms in total. The topological polar surface area (TPSA) is 92.4 Å². The molecule has 1 amide bonds. The number of carbonyl (C=O) groups excluding carboxylic acids is 1. The van der Waals surface area contributed by atoms with Crippen LogP contribution in [0.1, 0.15) is 19.3 Å². The predicted molar refractivity (Wildman–Crippen MR) is 52.8 cm³/mol. The zero-order chi connectivity index (χ0) is 13.4. The number of carboxylic acids is 1. The Morgan fingerprint density at radius 3 is 2.29 bits per heavy atom. The van der Waals surface area contributed by atoms with Gasteiger partial charge in [-0.2, -0.15) is 8.78 Å². The van der Waals surface area contributed by atoms with Crippen LogP contribution in [0.4, 0.5) is 13.2 Å². The van der Waals surface area contributed by atoms with Crippen LogP contribution in [0.2, 0.25) is 0 Å². The first-order chi connectivity index (χ1) is 7.84. The van der Waals surface area contributed by atoms with Crippen LogP contribution in [0.25, 0.3) is 0 Å². The summed E-state index contributed by atoms with van der Waals surface area (Å²) in [6.45, 7) is -0.317. The van der Waals surface area contributed by atoms with Gasteiger partial charge in [0.15, 0.2) is 5.83 Å². The summed E-state index contributed by atoms with van der Waals surface area (Å²) >= 11 is 0. The van der Waals surface area contributed by atoms with Gasteiger partial charge in [-0.15, -0.1) is 0 Å². The Balaban J connectivity index is 3.86. The second-order valence-corrected chi connectivity index (χ2v) is 3.25. The average Bonchev–Trinajstić information content (AvgIpc) is 2.25. The lowest BCUT2D eigenvalue weighted by atomic mass is 10.1. The summed E-state index contributed by atoms with van der Waals surface area (Å²) in [5.41, 5.74) is 5.31. The Labute approximate surface area is 95.5 Å². The minimum Gasteiger partial charge on any atom is -0.481 e. The van der Waals surface area contributed by atoms with Gasteiger partial charge in [0.1, 0.15) is 0 Å². The van der Waals surface area contributed by atoms with E-state index in [0.29, 0.717) is 0 Å². The number of halogens is 3. The van der Waals surface area contributed by atoms with Crippen molar-refractivity contribution in [2.24, 2.45) is 5.73 Å². The maximum absolute atomic E-state index is 12.3. The molecule has 0 aliphatic heterocycles. The molecule has 0 fully saturated rings. The third-order valence-corrected chi connectivity index (χ3v) is 1.85. The first-order valence-electron chi connectivity index (χ1n) is 4.79. The number of hydrogen-bond donors (Lipinski definition) is 3. The van der Waals surface area contributed by atoms with Crippen LogP contribution in [-0.2, 0) is 9.59 Å². The van der Waals surface area contributed by atoms with Crippen molar-refractivity contribution in [2.45, 2.75) is 25.3 Å². The van der Waals surface area contributed by atoms with Gasteiger partial charge < -0.3 is 16.2 Å². The van der Waals surface area contributed by atoms with E-state index in [9.17, 15) is 22.8 Å². The third kappa shape index (κ3) is 7.34. The van der Waals surface area contributed by atoms with E-state index in [2.05, 4.69) is 5.32 Å². The molecule has 1 unspecified atom stereocenters. The van der Waals surface area contributed by atoms with E-state index in [-0.39, 0.29) is 19.4 Å². The van der Waals surface area contributed by atoms with E-state index in [1.165, 1.54) is 0 Å². The Bertz CT molecular complexity index is 317. The van der Waals surface area contributed by atoms with Crippen LogP contribution >= 0.6 is 0 Å². The maximum atomic E-state index is 12.3. The molecule has 4 N–H and O–H groups in total. The van der Waals surface area contributed by atoms with Crippen molar-refractivity contribution in [3.8, 4) is 0 Å². The fourth-order valence-corrected chi connectivity index (χ4v) is 0.931. The van der Waals surface area contributed by atoms with Crippen LogP contribution < -0.4 is 11.1 Å². The molecule has 98 valence electrons. The summed E-state index contributed by atoms with van der Waals surface area (Å²) in [6.07, 6.45) is -3.40. The number of carboxylic acid groups (broad SMARTS) is 1. The van der Waals surface area contributed by atoms with Crippen molar-refractivity contribution in [1.29, 1.82) is 0 Å². The lowest BCUT2D eigenvalue weighted by molar-refractivity contribution is -0.137. The Kier molecular flexibility index (Phi) is 6.95. The monoisotopic (exact) mass is 254 g/mol. The Morgan fingerprint density at radius 1 is 1.24 bits per heavy atom. The molecule has 17 heavy (non-hydrogen) atoms. The van der Waals surface area contributed by atoms with Gasteiger partial charge in [0.05, 0.1) is 6.04 Å². The van der Waals surface area contributed by atoms with Gasteiger partial charge >= 0.3 is 12.0 Å². The van der Waals surface area contributed by atoms with Gasteiger partial charge in [-0.25, -0.2) is 4.39 Å². The molecule has 0 aromatic heterocycles. The zero-order valence-electron chi connectivity index (χ0n) is 8.88. The summed E-state index contributed by atoms with van der Waals surface area (Å²) in [4.78, 5) is 21.3. The molecule has 0 bridgehead atoms. The molecule has 0 rings (SSSR count).